The first-order valence-electron chi connectivity index (χ1n) is 6.05. The first-order valence-corrected chi connectivity index (χ1v) is 6.85. The first kappa shape index (κ1) is 13.0. The van der Waals surface area contributed by atoms with Crippen molar-refractivity contribution >= 4 is 15.9 Å². The molecule has 0 spiro atoms. The second-order valence-corrected chi connectivity index (χ2v) is 5.44. The minimum Gasteiger partial charge on any atom is -0.314 e. The molecule has 0 amide bonds. The summed E-state index contributed by atoms with van der Waals surface area (Å²) in [6.45, 7) is 6.52. The van der Waals surface area contributed by atoms with E-state index < -0.39 is 0 Å². The van der Waals surface area contributed by atoms with Crippen molar-refractivity contribution < 1.29 is 4.39 Å². The van der Waals surface area contributed by atoms with Crippen molar-refractivity contribution in [3.05, 3.63) is 34.1 Å². The molecule has 94 valence electrons. The lowest BCUT2D eigenvalue weighted by atomic mass is 10.1. The van der Waals surface area contributed by atoms with Crippen LogP contribution in [0.25, 0.3) is 0 Å². The summed E-state index contributed by atoms with van der Waals surface area (Å²) in [6.07, 6.45) is 0.975. The lowest BCUT2D eigenvalue weighted by Crippen LogP contribution is -2.50. The maximum atomic E-state index is 13.1. The molecule has 0 aromatic heterocycles. The van der Waals surface area contributed by atoms with Crippen LogP contribution >= 0.6 is 15.9 Å². The molecule has 0 unspecified atom stereocenters. The molecular weight excluding hydrogens is 283 g/mol. The Balaban J connectivity index is 1.90. The highest BCUT2D eigenvalue weighted by Gasteiger charge is 2.17. The topological polar surface area (TPSA) is 15.3 Å². The van der Waals surface area contributed by atoms with Crippen LogP contribution in [0.3, 0.4) is 0 Å². The molecular formula is C13H18BrFN2. The van der Waals surface area contributed by atoms with Gasteiger partial charge < -0.3 is 5.32 Å². The second kappa shape index (κ2) is 5.94. The molecule has 1 N–H and O–H groups in total. The quantitative estimate of drug-likeness (QED) is 0.922. The molecule has 1 heterocycles. The van der Waals surface area contributed by atoms with E-state index in [1.165, 1.54) is 11.6 Å². The van der Waals surface area contributed by atoms with Crippen LogP contribution in [0.2, 0.25) is 0 Å². The van der Waals surface area contributed by atoms with E-state index in [0.29, 0.717) is 10.5 Å². The van der Waals surface area contributed by atoms with Crippen molar-refractivity contribution in [2.45, 2.75) is 19.4 Å². The first-order chi connectivity index (χ1) is 8.16. The van der Waals surface area contributed by atoms with Crippen LogP contribution in [-0.2, 0) is 6.42 Å². The molecule has 1 fully saturated rings. The van der Waals surface area contributed by atoms with E-state index in [-0.39, 0.29) is 5.82 Å². The van der Waals surface area contributed by atoms with E-state index in [1.54, 1.807) is 0 Å². The summed E-state index contributed by atoms with van der Waals surface area (Å²) in [7, 11) is 0. The van der Waals surface area contributed by atoms with Gasteiger partial charge in [0.1, 0.15) is 5.82 Å². The van der Waals surface area contributed by atoms with Crippen molar-refractivity contribution in [2.75, 3.05) is 26.2 Å². The fourth-order valence-electron chi connectivity index (χ4n) is 2.18. The molecule has 1 atom stereocenters. The number of rotatable bonds is 3. The van der Waals surface area contributed by atoms with Crippen LogP contribution in [0.15, 0.2) is 22.7 Å². The third-order valence-electron chi connectivity index (χ3n) is 3.31. The zero-order valence-electron chi connectivity index (χ0n) is 10.0. The lowest BCUT2D eigenvalue weighted by Gasteiger charge is -2.33. The maximum Gasteiger partial charge on any atom is 0.137 e. The Kier molecular flexibility index (Phi) is 4.54. The molecule has 1 aliphatic heterocycles. The van der Waals surface area contributed by atoms with Gasteiger partial charge in [-0.15, -0.1) is 0 Å². The molecule has 2 rings (SSSR count). The van der Waals surface area contributed by atoms with Crippen LogP contribution in [-0.4, -0.2) is 37.1 Å². The van der Waals surface area contributed by atoms with Crippen molar-refractivity contribution in [3.8, 4) is 0 Å². The molecule has 2 nitrogen and oxygen atoms in total. The highest BCUT2D eigenvalue weighted by molar-refractivity contribution is 9.10. The third kappa shape index (κ3) is 3.50. The van der Waals surface area contributed by atoms with Crippen molar-refractivity contribution in [1.29, 1.82) is 0 Å². The Morgan fingerprint density at radius 3 is 3.06 bits per heavy atom. The van der Waals surface area contributed by atoms with Crippen molar-refractivity contribution in [2.24, 2.45) is 0 Å². The minimum atomic E-state index is -0.190. The Morgan fingerprint density at radius 2 is 2.35 bits per heavy atom. The zero-order chi connectivity index (χ0) is 12.3. The van der Waals surface area contributed by atoms with Gasteiger partial charge in [-0.1, -0.05) is 6.07 Å². The average molecular weight is 301 g/mol. The largest absolute Gasteiger partial charge is 0.314 e. The van der Waals surface area contributed by atoms with Crippen LogP contribution in [0.4, 0.5) is 4.39 Å². The fourth-order valence-corrected chi connectivity index (χ4v) is 2.61. The molecule has 0 saturated carbocycles. The molecule has 17 heavy (non-hydrogen) atoms. The molecule has 1 saturated heterocycles. The van der Waals surface area contributed by atoms with Gasteiger partial charge >= 0.3 is 0 Å². The summed E-state index contributed by atoms with van der Waals surface area (Å²) in [5, 5.41) is 3.38. The summed E-state index contributed by atoms with van der Waals surface area (Å²) in [4.78, 5) is 2.48. The molecule has 1 aliphatic rings. The standard InChI is InChI=1S/C13H18BrFN2/c1-10-9-16-5-7-17(10)6-4-11-2-3-13(15)12(14)8-11/h2-3,8,10,16H,4-7,9H2,1H3/t10-/m1/s1. The number of benzene rings is 1. The van der Waals surface area contributed by atoms with Gasteiger partial charge in [0.2, 0.25) is 0 Å². The van der Waals surface area contributed by atoms with E-state index in [9.17, 15) is 4.39 Å². The lowest BCUT2D eigenvalue weighted by molar-refractivity contribution is 0.176. The summed E-state index contributed by atoms with van der Waals surface area (Å²) in [5.74, 6) is -0.190. The van der Waals surface area contributed by atoms with E-state index in [1.807, 2.05) is 12.1 Å². The maximum absolute atomic E-state index is 13.1. The smallest absolute Gasteiger partial charge is 0.137 e. The number of nitrogens with zero attached hydrogens (tertiary/aromatic N) is 1. The van der Waals surface area contributed by atoms with Gasteiger partial charge in [-0.05, 0) is 47.0 Å². The highest BCUT2D eigenvalue weighted by Crippen LogP contribution is 2.17. The van der Waals surface area contributed by atoms with Crippen LogP contribution in [0.5, 0.6) is 0 Å². The van der Waals surface area contributed by atoms with Crippen LogP contribution in [0, 0.1) is 5.82 Å². The molecule has 0 aliphatic carbocycles. The van der Waals surface area contributed by atoms with Crippen molar-refractivity contribution in [3.63, 3.8) is 0 Å². The third-order valence-corrected chi connectivity index (χ3v) is 3.92. The van der Waals surface area contributed by atoms with Gasteiger partial charge in [-0.25, -0.2) is 4.39 Å². The Labute approximate surface area is 110 Å². The predicted molar refractivity (Wildman–Crippen MR) is 71.7 cm³/mol. The summed E-state index contributed by atoms with van der Waals surface area (Å²) >= 11 is 3.23. The van der Waals surface area contributed by atoms with E-state index in [4.69, 9.17) is 0 Å². The average Bonchev–Trinajstić information content (AvgIpc) is 2.32. The number of piperazine rings is 1. The highest BCUT2D eigenvalue weighted by atomic mass is 79.9. The summed E-state index contributed by atoms with van der Waals surface area (Å²) in [5.41, 5.74) is 1.18. The number of nitrogens with one attached hydrogen (secondary N) is 1. The normalized spacial score (nSPS) is 21.7. The molecule has 4 heteroatoms. The Bertz CT molecular complexity index is 384. The number of hydrogen-bond acceptors (Lipinski definition) is 2. The zero-order valence-corrected chi connectivity index (χ0v) is 11.6. The van der Waals surface area contributed by atoms with Gasteiger partial charge in [0, 0.05) is 32.2 Å². The second-order valence-electron chi connectivity index (χ2n) is 4.59. The van der Waals surface area contributed by atoms with E-state index in [2.05, 4.69) is 33.1 Å². The van der Waals surface area contributed by atoms with Gasteiger partial charge in [0.05, 0.1) is 4.47 Å². The Hall–Kier alpha value is -0.450. The fraction of sp³-hybridized carbons (Fsp3) is 0.538. The van der Waals surface area contributed by atoms with Gasteiger partial charge in [-0.3, -0.25) is 4.90 Å². The Morgan fingerprint density at radius 1 is 1.53 bits per heavy atom. The van der Waals surface area contributed by atoms with Crippen LogP contribution in [0.1, 0.15) is 12.5 Å². The molecule has 0 bridgehead atoms. The van der Waals surface area contributed by atoms with Crippen LogP contribution < -0.4 is 5.32 Å². The van der Waals surface area contributed by atoms with E-state index >= 15 is 0 Å². The summed E-state index contributed by atoms with van der Waals surface area (Å²) in [6, 6.07) is 5.86. The van der Waals surface area contributed by atoms with Gasteiger partial charge in [-0.2, -0.15) is 0 Å². The SMILES string of the molecule is C[C@@H]1CNCCN1CCc1ccc(F)c(Br)c1. The minimum absolute atomic E-state index is 0.190. The van der Waals surface area contributed by atoms with Crippen molar-refractivity contribution in [1.82, 2.24) is 10.2 Å². The number of halogens is 2. The van der Waals surface area contributed by atoms with E-state index in [0.717, 1.165) is 32.6 Å². The number of hydrogen-bond donors (Lipinski definition) is 1. The molecule has 0 radical (unpaired) electrons. The molecule has 1 aromatic carbocycles. The van der Waals surface area contributed by atoms with Gasteiger partial charge in [0.25, 0.3) is 0 Å². The predicted octanol–water partition coefficient (Wildman–Crippen LogP) is 2.42. The summed E-state index contributed by atoms with van der Waals surface area (Å²) < 4.78 is 13.6. The van der Waals surface area contributed by atoms with Gasteiger partial charge in [0.15, 0.2) is 0 Å². The molecule has 1 aromatic rings. The monoisotopic (exact) mass is 300 g/mol.